The minimum Gasteiger partial charge on any atom is -0.352 e. The number of aldehydes is 1. The number of amides is 1. The molecular weight excluding hydrogens is 302 g/mol. The van der Waals surface area contributed by atoms with Gasteiger partial charge in [0.15, 0.2) is 6.29 Å². The van der Waals surface area contributed by atoms with Gasteiger partial charge in [0.1, 0.15) is 5.69 Å². The molecule has 5 heteroatoms. The van der Waals surface area contributed by atoms with Crippen molar-refractivity contribution < 1.29 is 9.59 Å². The van der Waals surface area contributed by atoms with Crippen LogP contribution in [0.15, 0.2) is 42.5 Å². The van der Waals surface area contributed by atoms with Crippen molar-refractivity contribution in [3.8, 4) is 11.3 Å². The van der Waals surface area contributed by atoms with Gasteiger partial charge in [-0.1, -0.05) is 12.1 Å². The SMILES string of the molecule is CC(C)(C)NC(=O)c1cccc(-c2ccc3[nH]c(C=O)cc3c2)n1. The van der Waals surface area contributed by atoms with Crippen LogP contribution < -0.4 is 5.32 Å². The molecule has 0 fully saturated rings. The first-order valence-corrected chi connectivity index (χ1v) is 7.74. The zero-order valence-electron chi connectivity index (χ0n) is 13.9. The number of nitrogens with one attached hydrogen (secondary N) is 2. The number of pyridine rings is 1. The average molecular weight is 321 g/mol. The van der Waals surface area contributed by atoms with Crippen LogP contribution in [0.3, 0.4) is 0 Å². The third-order valence-corrected chi connectivity index (χ3v) is 3.53. The predicted octanol–water partition coefficient (Wildman–Crippen LogP) is 3.57. The van der Waals surface area contributed by atoms with Crippen molar-refractivity contribution in [3.05, 3.63) is 53.9 Å². The Bertz CT molecular complexity index is 920. The monoisotopic (exact) mass is 321 g/mol. The van der Waals surface area contributed by atoms with E-state index in [1.54, 1.807) is 12.1 Å². The van der Waals surface area contributed by atoms with E-state index < -0.39 is 0 Å². The molecule has 0 spiro atoms. The largest absolute Gasteiger partial charge is 0.352 e. The molecule has 0 atom stereocenters. The summed E-state index contributed by atoms with van der Waals surface area (Å²) >= 11 is 0. The Kier molecular flexibility index (Phi) is 3.93. The summed E-state index contributed by atoms with van der Waals surface area (Å²) < 4.78 is 0. The molecule has 3 rings (SSSR count). The van der Waals surface area contributed by atoms with Gasteiger partial charge in [-0.2, -0.15) is 0 Å². The molecule has 2 aromatic heterocycles. The van der Waals surface area contributed by atoms with Gasteiger partial charge in [-0.3, -0.25) is 9.59 Å². The van der Waals surface area contributed by atoms with Crippen LogP contribution in [0.4, 0.5) is 0 Å². The summed E-state index contributed by atoms with van der Waals surface area (Å²) in [6, 6.07) is 12.9. The Morgan fingerprint density at radius 2 is 1.96 bits per heavy atom. The first kappa shape index (κ1) is 15.9. The third-order valence-electron chi connectivity index (χ3n) is 3.53. The van der Waals surface area contributed by atoms with Gasteiger partial charge in [0.05, 0.1) is 11.4 Å². The molecule has 122 valence electrons. The maximum atomic E-state index is 12.3. The summed E-state index contributed by atoms with van der Waals surface area (Å²) in [5, 5.41) is 3.84. The maximum Gasteiger partial charge on any atom is 0.270 e. The lowest BCUT2D eigenvalue weighted by atomic mass is 10.1. The number of carbonyl (C=O) groups excluding carboxylic acids is 2. The van der Waals surface area contributed by atoms with E-state index in [-0.39, 0.29) is 11.4 Å². The van der Waals surface area contributed by atoms with Gasteiger partial charge >= 0.3 is 0 Å². The number of hydrogen-bond acceptors (Lipinski definition) is 3. The van der Waals surface area contributed by atoms with Crippen LogP contribution in [-0.4, -0.2) is 27.7 Å². The maximum absolute atomic E-state index is 12.3. The Morgan fingerprint density at radius 1 is 1.17 bits per heavy atom. The molecule has 0 bridgehead atoms. The van der Waals surface area contributed by atoms with E-state index in [1.165, 1.54) is 0 Å². The molecule has 0 saturated carbocycles. The van der Waals surface area contributed by atoms with E-state index in [1.807, 2.05) is 51.1 Å². The van der Waals surface area contributed by atoms with E-state index in [9.17, 15) is 9.59 Å². The van der Waals surface area contributed by atoms with E-state index in [2.05, 4.69) is 15.3 Å². The number of nitrogens with zero attached hydrogens (tertiary/aromatic N) is 1. The third kappa shape index (κ3) is 3.35. The smallest absolute Gasteiger partial charge is 0.270 e. The van der Waals surface area contributed by atoms with Crippen molar-refractivity contribution in [1.82, 2.24) is 15.3 Å². The van der Waals surface area contributed by atoms with E-state index >= 15 is 0 Å². The Balaban J connectivity index is 1.96. The second kappa shape index (κ2) is 5.92. The molecule has 2 heterocycles. The van der Waals surface area contributed by atoms with Crippen molar-refractivity contribution in [1.29, 1.82) is 0 Å². The molecule has 2 N–H and O–H groups in total. The van der Waals surface area contributed by atoms with E-state index in [0.717, 1.165) is 22.8 Å². The zero-order valence-corrected chi connectivity index (χ0v) is 13.9. The molecule has 5 nitrogen and oxygen atoms in total. The Morgan fingerprint density at radius 3 is 2.67 bits per heavy atom. The van der Waals surface area contributed by atoms with Crippen LogP contribution in [0.25, 0.3) is 22.2 Å². The second-order valence-corrected chi connectivity index (χ2v) is 6.76. The van der Waals surface area contributed by atoms with Crippen molar-refractivity contribution in [2.75, 3.05) is 0 Å². The highest BCUT2D eigenvalue weighted by molar-refractivity contribution is 5.94. The number of fused-ring (bicyclic) bond motifs is 1. The minimum atomic E-state index is -0.315. The predicted molar refractivity (Wildman–Crippen MR) is 94.1 cm³/mol. The highest BCUT2D eigenvalue weighted by Gasteiger charge is 2.16. The topological polar surface area (TPSA) is 74.8 Å². The molecular formula is C19H19N3O2. The second-order valence-electron chi connectivity index (χ2n) is 6.76. The van der Waals surface area contributed by atoms with Crippen molar-refractivity contribution >= 4 is 23.1 Å². The van der Waals surface area contributed by atoms with Crippen LogP contribution in [0, 0.1) is 0 Å². The normalized spacial score (nSPS) is 11.5. The standard InChI is InChI=1S/C19H19N3O2/c1-19(2,3)22-18(24)17-6-4-5-15(21-17)12-7-8-16-13(9-12)10-14(11-23)20-16/h4-11,20H,1-3H3,(H,22,24). The van der Waals surface area contributed by atoms with Crippen molar-refractivity contribution in [2.24, 2.45) is 0 Å². The number of aromatic amines is 1. The molecule has 0 saturated heterocycles. The van der Waals surface area contributed by atoms with Gasteiger partial charge in [-0.25, -0.2) is 4.98 Å². The Labute approximate surface area is 140 Å². The highest BCUT2D eigenvalue weighted by atomic mass is 16.2. The number of hydrogen-bond donors (Lipinski definition) is 2. The van der Waals surface area contributed by atoms with E-state index in [0.29, 0.717) is 17.1 Å². The summed E-state index contributed by atoms with van der Waals surface area (Å²) in [6.45, 7) is 5.79. The number of H-pyrrole nitrogens is 1. The molecule has 0 unspecified atom stereocenters. The molecule has 0 aliphatic carbocycles. The summed E-state index contributed by atoms with van der Waals surface area (Å²) in [5.41, 5.74) is 3.10. The lowest BCUT2D eigenvalue weighted by molar-refractivity contribution is 0.0914. The molecule has 1 aromatic carbocycles. The van der Waals surface area contributed by atoms with Gasteiger partial charge < -0.3 is 10.3 Å². The number of benzene rings is 1. The number of carbonyl (C=O) groups is 2. The minimum absolute atomic E-state index is 0.199. The van der Waals surface area contributed by atoms with Crippen LogP contribution in [0.1, 0.15) is 41.7 Å². The van der Waals surface area contributed by atoms with Gasteiger partial charge in [0, 0.05) is 22.0 Å². The summed E-state index contributed by atoms with van der Waals surface area (Å²) in [7, 11) is 0. The van der Waals surface area contributed by atoms with Crippen LogP contribution >= 0.6 is 0 Å². The first-order valence-electron chi connectivity index (χ1n) is 7.74. The average Bonchev–Trinajstić information content (AvgIpc) is 2.95. The fourth-order valence-corrected chi connectivity index (χ4v) is 2.50. The molecule has 24 heavy (non-hydrogen) atoms. The van der Waals surface area contributed by atoms with Crippen molar-refractivity contribution in [3.63, 3.8) is 0 Å². The fraction of sp³-hybridized carbons (Fsp3) is 0.211. The van der Waals surface area contributed by atoms with Gasteiger partial charge in [-0.05, 0) is 51.1 Å². The lowest BCUT2D eigenvalue weighted by Gasteiger charge is -2.20. The summed E-state index contributed by atoms with van der Waals surface area (Å²) in [4.78, 5) is 30.7. The lowest BCUT2D eigenvalue weighted by Crippen LogP contribution is -2.40. The molecule has 0 aliphatic rings. The number of rotatable bonds is 3. The first-order chi connectivity index (χ1) is 11.4. The van der Waals surface area contributed by atoms with Crippen molar-refractivity contribution in [2.45, 2.75) is 26.3 Å². The molecule has 0 radical (unpaired) electrons. The Hall–Kier alpha value is -2.95. The molecule has 0 aliphatic heterocycles. The zero-order chi connectivity index (χ0) is 17.3. The molecule has 1 amide bonds. The van der Waals surface area contributed by atoms with Crippen LogP contribution in [-0.2, 0) is 0 Å². The van der Waals surface area contributed by atoms with Crippen LogP contribution in [0.2, 0.25) is 0 Å². The summed E-state index contributed by atoms with van der Waals surface area (Å²) in [6.07, 6.45) is 0.787. The number of aromatic nitrogens is 2. The van der Waals surface area contributed by atoms with E-state index in [4.69, 9.17) is 0 Å². The van der Waals surface area contributed by atoms with Crippen LogP contribution in [0.5, 0.6) is 0 Å². The fourth-order valence-electron chi connectivity index (χ4n) is 2.50. The van der Waals surface area contributed by atoms with Gasteiger partial charge in [0.25, 0.3) is 5.91 Å². The summed E-state index contributed by atoms with van der Waals surface area (Å²) in [5.74, 6) is -0.199. The van der Waals surface area contributed by atoms with Gasteiger partial charge in [0.2, 0.25) is 0 Å². The molecule has 3 aromatic rings. The highest BCUT2D eigenvalue weighted by Crippen LogP contribution is 2.23. The van der Waals surface area contributed by atoms with Gasteiger partial charge in [-0.15, -0.1) is 0 Å². The quantitative estimate of drug-likeness (QED) is 0.724.